The third kappa shape index (κ3) is 2.40. The van der Waals surface area contributed by atoms with E-state index >= 15 is 0 Å². The van der Waals surface area contributed by atoms with E-state index in [9.17, 15) is 5.11 Å². The van der Waals surface area contributed by atoms with Crippen molar-refractivity contribution in [3.05, 3.63) is 23.8 Å². The summed E-state index contributed by atoms with van der Waals surface area (Å²) >= 11 is 0. The Labute approximate surface area is 110 Å². The van der Waals surface area contributed by atoms with Gasteiger partial charge in [0, 0.05) is 11.6 Å². The molecule has 1 aromatic rings. The molecule has 1 unspecified atom stereocenters. The highest BCUT2D eigenvalue weighted by Crippen LogP contribution is 2.40. The van der Waals surface area contributed by atoms with Crippen LogP contribution in [0.3, 0.4) is 0 Å². The Morgan fingerprint density at radius 1 is 1.33 bits per heavy atom. The normalized spacial score (nSPS) is 19.3. The van der Waals surface area contributed by atoms with E-state index < -0.39 is 14.4 Å². The van der Waals surface area contributed by atoms with E-state index in [0.29, 0.717) is 6.61 Å². The molecule has 1 heterocycles. The number of hydrogen-bond acceptors (Lipinski definition) is 3. The van der Waals surface area contributed by atoms with Gasteiger partial charge in [-0.3, -0.25) is 0 Å². The Kier molecular flexibility index (Phi) is 3.19. The van der Waals surface area contributed by atoms with Crippen molar-refractivity contribution < 1.29 is 14.3 Å². The molecule has 0 spiro atoms. The fourth-order valence-corrected chi connectivity index (χ4v) is 2.71. The van der Waals surface area contributed by atoms with Crippen LogP contribution in [-0.2, 0) is 0 Å². The molecule has 0 amide bonds. The van der Waals surface area contributed by atoms with E-state index in [4.69, 9.17) is 9.16 Å². The summed E-state index contributed by atoms with van der Waals surface area (Å²) in [6, 6.07) is 5.72. The van der Waals surface area contributed by atoms with Crippen LogP contribution >= 0.6 is 0 Å². The average Bonchev–Trinajstić information content (AvgIpc) is 2.58. The molecule has 1 N–H and O–H groups in total. The van der Waals surface area contributed by atoms with Crippen LogP contribution in [-0.4, -0.2) is 20.0 Å². The molecule has 0 fully saturated rings. The lowest BCUT2D eigenvalue weighted by Crippen LogP contribution is -2.43. The first kappa shape index (κ1) is 13.4. The van der Waals surface area contributed by atoms with Crippen molar-refractivity contribution in [2.75, 3.05) is 6.61 Å². The van der Waals surface area contributed by atoms with Crippen LogP contribution in [0.4, 0.5) is 0 Å². The second kappa shape index (κ2) is 4.28. The van der Waals surface area contributed by atoms with Crippen LogP contribution in [0.1, 0.15) is 32.4 Å². The SMILES string of the molecule is CC(C)(C)[Si](C)(C)Oc1ccc2c(c1)OCC2O. The maximum Gasteiger partial charge on any atom is 0.250 e. The predicted molar refractivity (Wildman–Crippen MR) is 74.7 cm³/mol. The zero-order valence-corrected chi connectivity index (χ0v) is 12.8. The fourth-order valence-electron chi connectivity index (χ4n) is 1.68. The third-order valence-corrected chi connectivity index (χ3v) is 8.28. The molecule has 1 aliphatic rings. The van der Waals surface area contributed by atoms with Gasteiger partial charge in [-0.1, -0.05) is 20.8 Å². The van der Waals surface area contributed by atoms with E-state index in [0.717, 1.165) is 17.1 Å². The van der Waals surface area contributed by atoms with Crippen LogP contribution in [0.15, 0.2) is 18.2 Å². The van der Waals surface area contributed by atoms with Crippen LogP contribution in [0.25, 0.3) is 0 Å². The van der Waals surface area contributed by atoms with Crippen LogP contribution in [0, 0.1) is 0 Å². The summed E-state index contributed by atoms with van der Waals surface area (Å²) in [6.07, 6.45) is -0.498. The zero-order chi connectivity index (χ0) is 13.6. The van der Waals surface area contributed by atoms with Gasteiger partial charge >= 0.3 is 0 Å². The first-order valence-electron chi connectivity index (χ1n) is 6.34. The van der Waals surface area contributed by atoms with Gasteiger partial charge in [0.2, 0.25) is 8.32 Å². The summed E-state index contributed by atoms with van der Waals surface area (Å²) in [6.45, 7) is 11.4. The van der Waals surface area contributed by atoms with Gasteiger partial charge in [0.05, 0.1) is 0 Å². The van der Waals surface area contributed by atoms with E-state index in [1.165, 1.54) is 0 Å². The van der Waals surface area contributed by atoms with E-state index in [1.807, 2.05) is 18.2 Å². The van der Waals surface area contributed by atoms with Crippen LogP contribution in [0.5, 0.6) is 11.5 Å². The van der Waals surface area contributed by atoms with E-state index in [1.54, 1.807) is 0 Å². The summed E-state index contributed by atoms with van der Waals surface area (Å²) in [7, 11) is -1.81. The van der Waals surface area contributed by atoms with Gasteiger partial charge in [-0.25, -0.2) is 0 Å². The Morgan fingerprint density at radius 2 is 2.00 bits per heavy atom. The van der Waals surface area contributed by atoms with Gasteiger partial charge in [-0.05, 0) is 30.3 Å². The van der Waals surface area contributed by atoms with Crippen LogP contribution < -0.4 is 9.16 Å². The second-order valence-electron chi connectivity index (χ2n) is 6.39. The summed E-state index contributed by atoms with van der Waals surface area (Å²) in [4.78, 5) is 0. The summed E-state index contributed by atoms with van der Waals surface area (Å²) in [5.41, 5.74) is 0.859. The number of aliphatic hydroxyl groups excluding tert-OH is 1. The van der Waals surface area contributed by atoms with Crippen molar-refractivity contribution >= 4 is 8.32 Å². The minimum absolute atomic E-state index is 0.173. The number of rotatable bonds is 2. The molecule has 2 rings (SSSR count). The average molecular weight is 266 g/mol. The monoisotopic (exact) mass is 266 g/mol. The van der Waals surface area contributed by atoms with E-state index in [-0.39, 0.29) is 5.04 Å². The fraction of sp³-hybridized carbons (Fsp3) is 0.571. The van der Waals surface area contributed by atoms with Gasteiger partial charge in [0.1, 0.15) is 24.2 Å². The standard InChI is InChI=1S/C14H22O3Si/c1-14(2,3)18(4,5)17-10-6-7-11-12(15)9-16-13(11)8-10/h6-8,12,15H,9H2,1-5H3. The number of hydrogen-bond donors (Lipinski definition) is 1. The Bertz CT molecular complexity index is 449. The first-order chi connectivity index (χ1) is 8.21. The van der Waals surface area contributed by atoms with Crippen LogP contribution in [0.2, 0.25) is 18.1 Å². The molecule has 0 radical (unpaired) electrons. The maximum atomic E-state index is 9.68. The van der Waals surface area contributed by atoms with Gasteiger partial charge in [0.15, 0.2) is 0 Å². The minimum Gasteiger partial charge on any atom is -0.543 e. The van der Waals surface area contributed by atoms with Gasteiger partial charge in [0.25, 0.3) is 0 Å². The largest absolute Gasteiger partial charge is 0.543 e. The van der Waals surface area contributed by atoms with E-state index in [2.05, 4.69) is 33.9 Å². The quantitative estimate of drug-likeness (QED) is 0.833. The number of aliphatic hydroxyl groups is 1. The predicted octanol–water partition coefficient (Wildman–Crippen LogP) is 3.50. The molecule has 0 saturated carbocycles. The van der Waals surface area contributed by atoms with Crippen molar-refractivity contribution in [2.45, 2.75) is 45.0 Å². The molecule has 0 bridgehead atoms. The smallest absolute Gasteiger partial charge is 0.250 e. The molecule has 0 saturated heterocycles. The highest BCUT2D eigenvalue weighted by Gasteiger charge is 2.39. The van der Waals surface area contributed by atoms with Gasteiger partial charge in [-0.2, -0.15) is 0 Å². The molecule has 100 valence electrons. The minimum atomic E-state index is -1.81. The summed E-state index contributed by atoms with van der Waals surface area (Å²) in [5, 5.41) is 9.85. The molecule has 4 heteroatoms. The van der Waals surface area contributed by atoms with Crippen molar-refractivity contribution in [2.24, 2.45) is 0 Å². The Morgan fingerprint density at radius 3 is 2.61 bits per heavy atom. The molecular formula is C14H22O3Si. The molecule has 18 heavy (non-hydrogen) atoms. The highest BCUT2D eigenvalue weighted by molar-refractivity contribution is 6.74. The van der Waals surface area contributed by atoms with Crippen molar-refractivity contribution in [3.8, 4) is 11.5 Å². The summed E-state index contributed by atoms with van der Waals surface area (Å²) in [5.74, 6) is 1.59. The molecular weight excluding hydrogens is 244 g/mol. The molecule has 1 aliphatic heterocycles. The number of fused-ring (bicyclic) bond motifs is 1. The lowest BCUT2D eigenvalue weighted by Gasteiger charge is -2.36. The molecule has 1 atom stereocenters. The molecule has 3 nitrogen and oxygen atoms in total. The lowest BCUT2D eigenvalue weighted by atomic mass is 10.1. The molecule has 0 aromatic heterocycles. The van der Waals surface area contributed by atoms with Crippen molar-refractivity contribution in [3.63, 3.8) is 0 Å². The topological polar surface area (TPSA) is 38.7 Å². The molecule has 1 aromatic carbocycles. The molecule has 0 aliphatic carbocycles. The van der Waals surface area contributed by atoms with Gasteiger partial charge in [-0.15, -0.1) is 0 Å². The van der Waals surface area contributed by atoms with Gasteiger partial charge < -0.3 is 14.3 Å². The zero-order valence-electron chi connectivity index (χ0n) is 11.8. The number of benzene rings is 1. The summed E-state index contributed by atoms with van der Waals surface area (Å²) < 4.78 is 11.6. The highest BCUT2D eigenvalue weighted by atomic mass is 28.4. The second-order valence-corrected chi connectivity index (χ2v) is 11.1. The third-order valence-electron chi connectivity index (χ3n) is 3.92. The Balaban J connectivity index is 2.22. The first-order valence-corrected chi connectivity index (χ1v) is 9.25. The van der Waals surface area contributed by atoms with Crippen molar-refractivity contribution in [1.29, 1.82) is 0 Å². The maximum absolute atomic E-state index is 9.68. The lowest BCUT2D eigenvalue weighted by molar-refractivity contribution is 0.140. The number of ether oxygens (including phenoxy) is 1. The van der Waals surface area contributed by atoms with Crippen molar-refractivity contribution in [1.82, 2.24) is 0 Å². The Hall–Kier alpha value is -1.00.